The number of nitrogens with one attached hydrogen (secondary N) is 1. The number of thiophene rings is 1. The number of rotatable bonds is 6. The average molecular weight is 295 g/mol. The summed E-state index contributed by atoms with van der Waals surface area (Å²) in [5, 5.41) is 14.4. The molecule has 2 N–H and O–H groups in total. The fourth-order valence-electron chi connectivity index (χ4n) is 2.86. The van der Waals surface area contributed by atoms with Crippen LogP contribution in [-0.2, 0) is 11.2 Å². The average Bonchev–Trinajstić information content (AvgIpc) is 2.85. The number of carbonyl (C=O) groups excluding carboxylic acids is 1. The van der Waals surface area contributed by atoms with Gasteiger partial charge in [0.15, 0.2) is 0 Å². The van der Waals surface area contributed by atoms with Crippen LogP contribution in [0.1, 0.15) is 49.0 Å². The Hall–Kier alpha value is -0.870. The van der Waals surface area contributed by atoms with E-state index in [1.54, 1.807) is 11.3 Å². The summed E-state index contributed by atoms with van der Waals surface area (Å²) in [5.41, 5.74) is 1.35. The number of hydrogen-bond acceptors (Lipinski definition) is 3. The van der Waals surface area contributed by atoms with Crippen LogP contribution in [0, 0.1) is 12.8 Å². The summed E-state index contributed by atoms with van der Waals surface area (Å²) in [5.74, 6) is 0.636. The molecule has 0 aliphatic heterocycles. The van der Waals surface area contributed by atoms with Gasteiger partial charge in [0, 0.05) is 23.9 Å². The monoisotopic (exact) mass is 295 g/mol. The Morgan fingerprint density at radius 3 is 2.75 bits per heavy atom. The first-order valence-electron chi connectivity index (χ1n) is 7.62. The summed E-state index contributed by atoms with van der Waals surface area (Å²) in [4.78, 5) is 13.3. The van der Waals surface area contributed by atoms with Gasteiger partial charge in [0.2, 0.25) is 5.91 Å². The lowest BCUT2D eigenvalue weighted by molar-refractivity contribution is -0.122. The van der Waals surface area contributed by atoms with Crippen LogP contribution in [0.15, 0.2) is 11.4 Å². The van der Waals surface area contributed by atoms with Crippen LogP contribution in [0.4, 0.5) is 0 Å². The van der Waals surface area contributed by atoms with E-state index >= 15 is 0 Å². The first-order valence-corrected chi connectivity index (χ1v) is 8.50. The molecular weight excluding hydrogens is 270 g/mol. The molecular formula is C16H25NO2S. The van der Waals surface area contributed by atoms with Crippen molar-refractivity contribution in [3.63, 3.8) is 0 Å². The molecule has 3 nitrogen and oxygen atoms in total. The van der Waals surface area contributed by atoms with E-state index in [1.807, 2.05) is 0 Å². The number of carbonyl (C=O) groups is 1. The largest absolute Gasteiger partial charge is 0.396 e. The lowest BCUT2D eigenvalue weighted by Crippen LogP contribution is -2.38. The zero-order chi connectivity index (χ0) is 14.4. The molecule has 0 spiro atoms. The van der Waals surface area contributed by atoms with Crippen LogP contribution < -0.4 is 5.32 Å². The Balaban J connectivity index is 1.62. The lowest BCUT2D eigenvalue weighted by atomic mass is 9.86. The highest BCUT2D eigenvalue weighted by molar-refractivity contribution is 7.10. The summed E-state index contributed by atoms with van der Waals surface area (Å²) < 4.78 is 0. The van der Waals surface area contributed by atoms with Crippen molar-refractivity contribution in [3.05, 3.63) is 21.9 Å². The van der Waals surface area contributed by atoms with Crippen LogP contribution in [-0.4, -0.2) is 23.7 Å². The van der Waals surface area contributed by atoms with E-state index in [2.05, 4.69) is 23.7 Å². The minimum Gasteiger partial charge on any atom is -0.396 e. The van der Waals surface area contributed by atoms with Crippen molar-refractivity contribution in [2.24, 2.45) is 5.92 Å². The van der Waals surface area contributed by atoms with Crippen molar-refractivity contribution >= 4 is 17.2 Å². The number of hydrogen-bond donors (Lipinski definition) is 2. The quantitative estimate of drug-likeness (QED) is 0.847. The molecule has 1 aliphatic rings. The molecule has 1 heterocycles. The van der Waals surface area contributed by atoms with Crippen molar-refractivity contribution in [1.82, 2.24) is 5.32 Å². The van der Waals surface area contributed by atoms with Crippen molar-refractivity contribution < 1.29 is 9.90 Å². The second kappa shape index (κ2) is 7.79. The fourth-order valence-corrected chi connectivity index (χ4v) is 3.81. The normalized spacial score (nSPS) is 22.7. The molecule has 0 radical (unpaired) electrons. The molecule has 0 atom stereocenters. The van der Waals surface area contributed by atoms with Gasteiger partial charge in [-0.2, -0.15) is 0 Å². The Bertz CT molecular complexity index is 422. The highest BCUT2D eigenvalue weighted by atomic mass is 32.1. The molecule has 1 aromatic rings. The third kappa shape index (κ3) is 4.60. The van der Waals surface area contributed by atoms with Crippen molar-refractivity contribution in [1.29, 1.82) is 0 Å². The van der Waals surface area contributed by atoms with Crippen LogP contribution in [0.3, 0.4) is 0 Å². The molecule has 1 aromatic heterocycles. The highest BCUT2D eigenvalue weighted by Crippen LogP contribution is 2.24. The molecule has 20 heavy (non-hydrogen) atoms. The van der Waals surface area contributed by atoms with E-state index < -0.39 is 0 Å². The van der Waals surface area contributed by atoms with Gasteiger partial charge in [0.25, 0.3) is 0 Å². The second-order valence-corrected chi connectivity index (χ2v) is 6.85. The molecule has 0 aromatic carbocycles. The first kappa shape index (κ1) is 15.5. The summed E-state index contributed by atoms with van der Waals surface area (Å²) in [6.07, 6.45) is 6.66. The summed E-state index contributed by atoms with van der Waals surface area (Å²) in [7, 11) is 0. The molecule has 112 valence electrons. The molecule has 0 saturated heterocycles. The van der Waals surface area contributed by atoms with E-state index in [-0.39, 0.29) is 5.91 Å². The van der Waals surface area contributed by atoms with Gasteiger partial charge in [-0.1, -0.05) is 0 Å². The zero-order valence-electron chi connectivity index (χ0n) is 12.2. The Kier molecular flexibility index (Phi) is 6.05. The molecule has 1 aliphatic carbocycles. The van der Waals surface area contributed by atoms with E-state index in [0.29, 0.717) is 25.0 Å². The van der Waals surface area contributed by atoms with E-state index in [1.165, 1.54) is 10.4 Å². The molecule has 0 unspecified atom stereocenters. The van der Waals surface area contributed by atoms with Gasteiger partial charge in [0.05, 0.1) is 0 Å². The number of aliphatic hydroxyl groups is 1. The third-order valence-corrected chi connectivity index (χ3v) is 5.33. The predicted molar refractivity (Wildman–Crippen MR) is 83.0 cm³/mol. The van der Waals surface area contributed by atoms with Crippen LogP contribution in [0.5, 0.6) is 0 Å². The van der Waals surface area contributed by atoms with Gasteiger partial charge in [-0.15, -0.1) is 11.3 Å². The maximum atomic E-state index is 11.9. The SMILES string of the molecule is Cc1ccsc1CCCC(=O)NC1CCC(CO)CC1. The van der Waals surface area contributed by atoms with Gasteiger partial charge in [-0.25, -0.2) is 0 Å². The van der Waals surface area contributed by atoms with Crippen LogP contribution in [0.25, 0.3) is 0 Å². The number of aryl methyl sites for hydroxylation is 2. The van der Waals surface area contributed by atoms with E-state index in [9.17, 15) is 4.79 Å². The second-order valence-electron chi connectivity index (χ2n) is 5.85. The van der Waals surface area contributed by atoms with Crippen LogP contribution >= 0.6 is 11.3 Å². The molecule has 1 fully saturated rings. The highest BCUT2D eigenvalue weighted by Gasteiger charge is 2.21. The van der Waals surface area contributed by atoms with Crippen molar-refractivity contribution in [3.8, 4) is 0 Å². The van der Waals surface area contributed by atoms with E-state index in [0.717, 1.165) is 38.5 Å². The summed E-state index contributed by atoms with van der Waals surface area (Å²) >= 11 is 1.78. The smallest absolute Gasteiger partial charge is 0.220 e. The zero-order valence-corrected chi connectivity index (χ0v) is 13.0. The Morgan fingerprint density at radius 1 is 1.40 bits per heavy atom. The fraction of sp³-hybridized carbons (Fsp3) is 0.688. The van der Waals surface area contributed by atoms with Crippen molar-refractivity contribution in [2.75, 3.05) is 6.61 Å². The minimum absolute atomic E-state index is 0.187. The lowest BCUT2D eigenvalue weighted by Gasteiger charge is -2.27. The molecule has 4 heteroatoms. The molecule has 2 rings (SSSR count). The van der Waals surface area contributed by atoms with Gasteiger partial charge in [-0.3, -0.25) is 4.79 Å². The standard InChI is InChI=1S/C16H25NO2S/c1-12-9-10-20-15(12)3-2-4-16(19)17-14-7-5-13(11-18)6-8-14/h9-10,13-14,18H,2-8,11H2,1H3,(H,17,19). The van der Waals surface area contributed by atoms with Crippen molar-refractivity contribution in [2.45, 2.75) is 57.9 Å². The third-order valence-electron chi connectivity index (χ3n) is 4.25. The maximum Gasteiger partial charge on any atom is 0.220 e. The molecule has 1 amide bonds. The Morgan fingerprint density at radius 2 is 2.15 bits per heavy atom. The topological polar surface area (TPSA) is 49.3 Å². The number of amides is 1. The first-order chi connectivity index (χ1) is 9.69. The van der Waals surface area contributed by atoms with Crippen LogP contribution in [0.2, 0.25) is 0 Å². The number of aliphatic hydroxyl groups excluding tert-OH is 1. The maximum absolute atomic E-state index is 11.9. The predicted octanol–water partition coefficient (Wildman–Crippen LogP) is 3.05. The van der Waals surface area contributed by atoms with Gasteiger partial charge in [-0.05, 0) is 68.4 Å². The molecule has 1 saturated carbocycles. The summed E-state index contributed by atoms with van der Waals surface area (Å²) in [6.45, 7) is 2.42. The van der Waals surface area contributed by atoms with E-state index in [4.69, 9.17) is 5.11 Å². The minimum atomic E-state index is 0.187. The van der Waals surface area contributed by atoms with Gasteiger partial charge < -0.3 is 10.4 Å². The Labute approximate surface area is 125 Å². The summed E-state index contributed by atoms with van der Waals surface area (Å²) in [6, 6.07) is 2.47. The van der Waals surface area contributed by atoms with Gasteiger partial charge >= 0.3 is 0 Å². The molecule has 0 bridgehead atoms. The van der Waals surface area contributed by atoms with Gasteiger partial charge in [0.1, 0.15) is 0 Å².